The normalized spacial score (nSPS) is 16.6. The zero-order valence-corrected chi connectivity index (χ0v) is 13.4. The second-order valence-electron chi connectivity index (χ2n) is 5.55. The number of nitrogens with one attached hydrogen (secondary N) is 1. The predicted octanol–water partition coefficient (Wildman–Crippen LogP) is 2.92. The van der Waals surface area contributed by atoms with Crippen LogP contribution in [0.5, 0.6) is 11.5 Å². The lowest BCUT2D eigenvalue weighted by molar-refractivity contribution is 0.133. The minimum Gasteiger partial charge on any atom is -0.496 e. The minimum atomic E-state index is 0.264. The number of benzene rings is 1. The molecule has 0 saturated heterocycles. The van der Waals surface area contributed by atoms with Crippen molar-refractivity contribution in [2.24, 2.45) is 0 Å². The average Bonchev–Trinajstić information content (AvgIpc) is 2.84. The molecule has 0 aromatic heterocycles. The van der Waals surface area contributed by atoms with E-state index in [4.69, 9.17) is 14.2 Å². The Labute approximate surface area is 127 Å². The summed E-state index contributed by atoms with van der Waals surface area (Å²) >= 11 is 0. The smallest absolute Gasteiger partial charge is 0.123 e. The van der Waals surface area contributed by atoms with Crippen LogP contribution in [0.15, 0.2) is 12.1 Å². The third-order valence-electron chi connectivity index (χ3n) is 3.68. The number of ether oxygens (including phenoxy) is 3. The Hall–Kier alpha value is -1.26. The molecule has 1 aromatic rings. The van der Waals surface area contributed by atoms with Gasteiger partial charge in [-0.1, -0.05) is 13.3 Å². The Morgan fingerprint density at radius 2 is 2.19 bits per heavy atom. The summed E-state index contributed by atoms with van der Waals surface area (Å²) in [6.45, 7) is 7.49. The molecule has 1 N–H and O–H groups in total. The molecule has 1 unspecified atom stereocenters. The van der Waals surface area contributed by atoms with Gasteiger partial charge in [0.25, 0.3) is 0 Å². The molecule has 21 heavy (non-hydrogen) atoms. The molecule has 4 heteroatoms. The van der Waals surface area contributed by atoms with Crippen molar-refractivity contribution >= 4 is 0 Å². The van der Waals surface area contributed by atoms with Crippen LogP contribution in [-0.4, -0.2) is 33.0 Å². The maximum atomic E-state index is 5.81. The first-order chi connectivity index (χ1) is 10.2. The highest BCUT2D eigenvalue weighted by Gasteiger charge is 2.21. The van der Waals surface area contributed by atoms with E-state index in [1.165, 1.54) is 12.0 Å². The van der Waals surface area contributed by atoms with Crippen molar-refractivity contribution in [1.82, 2.24) is 5.32 Å². The van der Waals surface area contributed by atoms with Gasteiger partial charge in [-0.05, 0) is 25.5 Å². The van der Waals surface area contributed by atoms with Crippen molar-refractivity contribution in [3.8, 4) is 11.5 Å². The number of rotatable bonds is 9. The van der Waals surface area contributed by atoms with Crippen molar-refractivity contribution in [2.45, 2.75) is 45.8 Å². The zero-order chi connectivity index (χ0) is 15.1. The monoisotopic (exact) mass is 293 g/mol. The van der Waals surface area contributed by atoms with Gasteiger partial charge in [0.2, 0.25) is 0 Å². The quantitative estimate of drug-likeness (QED) is 0.711. The molecule has 0 radical (unpaired) electrons. The van der Waals surface area contributed by atoms with Crippen LogP contribution >= 0.6 is 0 Å². The SMILES string of the molecule is CCCCOCCNCc1cc2c(cc1OC)CC(C)O2. The van der Waals surface area contributed by atoms with Crippen molar-refractivity contribution in [3.63, 3.8) is 0 Å². The number of unbranched alkanes of at least 4 members (excludes halogenated alkanes) is 1. The Kier molecular flexibility index (Phi) is 6.33. The summed E-state index contributed by atoms with van der Waals surface area (Å²) in [7, 11) is 1.72. The summed E-state index contributed by atoms with van der Waals surface area (Å²) in [5.41, 5.74) is 2.38. The van der Waals surface area contributed by atoms with Gasteiger partial charge in [0.05, 0.1) is 13.7 Å². The minimum absolute atomic E-state index is 0.264. The van der Waals surface area contributed by atoms with Crippen LogP contribution in [0.3, 0.4) is 0 Å². The fraction of sp³-hybridized carbons (Fsp3) is 0.647. The van der Waals surface area contributed by atoms with Gasteiger partial charge in [0, 0.05) is 37.2 Å². The maximum absolute atomic E-state index is 5.81. The molecule has 1 heterocycles. The standard InChI is InChI=1S/C17H27NO3/c1-4-5-7-20-8-6-18-12-15-11-17-14(9-13(2)21-17)10-16(15)19-3/h10-11,13,18H,4-9,12H2,1-3H3. The highest BCUT2D eigenvalue weighted by atomic mass is 16.5. The Morgan fingerprint density at radius 1 is 1.33 bits per heavy atom. The molecule has 0 bridgehead atoms. The summed E-state index contributed by atoms with van der Waals surface area (Å²) in [4.78, 5) is 0. The third kappa shape index (κ3) is 4.61. The summed E-state index contributed by atoms with van der Waals surface area (Å²) < 4.78 is 16.8. The van der Waals surface area contributed by atoms with E-state index in [0.29, 0.717) is 0 Å². The summed E-state index contributed by atoms with van der Waals surface area (Å²) in [6.07, 6.45) is 3.54. The Bertz CT molecular complexity index is 448. The van der Waals surface area contributed by atoms with Gasteiger partial charge in [-0.3, -0.25) is 0 Å². The van der Waals surface area contributed by atoms with Gasteiger partial charge < -0.3 is 19.5 Å². The molecule has 2 rings (SSSR count). The van der Waals surface area contributed by atoms with E-state index in [0.717, 1.165) is 56.2 Å². The van der Waals surface area contributed by atoms with Crippen molar-refractivity contribution < 1.29 is 14.2 Å². The molecule has 1 aromatic carbocycles. The molecule has 118 valence electrons. The molecule has 1 aliphatic rings. The number of fused-ring (bicyclic) bond motifs is 1. The second-order valence-corrected chi connectivity index (χ2v) is 5.55. The van der Waals surface area contributed by atoms with Gasteiger partial charge in [-0.25, -0.2) is 0 Å². The molecule has 1 atom stereocenters. The molecular weight excluding hydrogens is 266 g/mol. The molecule has 1 aliphatic heterocycles. The van der Waals surface area contributed by atoms with E-state index in [2.05, 4.69) is 31.3 Å². The van der Waals surface area contributed by atoms with Crippen molar-refractivity contribution in [3.05, 3.63) is 23.3 Å². The molecular formula is C17H27NO3. The topological polar surface area (TPSA) is 39.7 Å². The third-order valence-corrected chi connectivity index (χ3v) is 3.68. The average molecular weight is 293 g/mol. The van der Waals surface area contributed by atoms with E-state index in [9.17, 15) is 0 Å². The highest BCUT2D eigenvalue weighted by Crippen LogP contribution is 2.34. The lowest BCUT2D eigenvalue weighted by atomic mass is 10.1. The summed E-state index contributed by atoms with van der Waals surface area (Å²) in [6, 6.07) is 4.20. The first-order valence-electron chi connectivity index (χ1n) is 7.89. The lowest BCUT2D eigenvalue weighted by Crippen LogP contribution is -2.20. The van der Waals surface area contributed by atoms with Gasteiger partial charge in [-0.15, -0.1) is 0 Å². The molecule has 0 aliphatic carbocycles. The van der Waals surface area contributed by atoms with Crippen LogP contribution in [0.25, 0.3) is 0 Å². The predicted molar refractivity (Wildman–Crippen MR) is 84.2 cm³/mol. The van der Waals surface area contributed by atoms with Crippen LogP contribution in [0.2, 0.25) is 0 Å². The van der Waals surface area contributed by atoms with Crippen LogP contribution in [0.4, 0.5) is 0 Å². The van der Waals surface area contributed by atoms with Gasteiger partial charge in [0.15, 0.2) is 0 Å². The molecule has 4 nitrogen and oxygen atoms in total. The highest BCUT2D eigenvalue weighted by molar-refractivity contribution is 5.48. The molecule has 0 fully saturated rings. The van der Waals surface area contributed by atoms with Gasteiger partial charge >= 0.3 is 0 Å². The van der Waals surface area contributed by atoms with Crippen LogP contribution in [0, 0.1) is 0 Å². The van der Waals surface area contributed by atoms with Crippen LogP contribution in [0.1, 0.15) is 37.8 Å². The summed E-state index contributed by atoms with van der Waals surface area (Å²) in [5, 5.41) is 3.40. The van der Waals surface area contributed by atoms with Crippen molar-refractivity contribution in [2.75, 3.05) is 26.9 Å². The van der Waals surface area contributed by atoms with E-state index >= 15 is 0 Å². The van der Waals surface area contributed by atoms with E-state index in [-0.39, 0.29) is 6.10 Å². The second kappa shape index (κ2) is 8.25. The fourth-order valence-corrected chi connectivity index (χ4v) is 2.53. The summed E-state index contributed by atoms with van der Waals surface area (Å²) in [5.74, 6) is 1.94. The maximum Gasteiger partial charge on any atom is 0.123 e. The van der Waals surface area contributed by atoms with E-state index in [1.807, 2.05) is 0 Å². The largest absolute Gasteiger partial charge is 0.496 e. The van der Waals surface area contributed by atoms with E-state index < -0.39 is 0 Å². The number of methoxy groups -OCH3 is 1. The number of hydrogen-bond acceptors (Lipinski definition) is 4. The van der Waals surface area contributed by atoms with Crippen LogP contribution < -0.4 is 14.8 Å². The van der Waals surface area contributed by atoms with E-state index in [1.54, 1.807) is 7.11 Å². The van der Waals surface area contributed by atoms with Gasteiger partial charge in [0.1, 0.15) is 17.6 Å². The Morgan fingerprint density at radius 3 is 2.95 bits per heavy atom. The fourth-order valence-electron chi connectivity index (χ4n) is 2.53. The molecule has 0 saturated carbocycles. The first kappa shape index (κ1) is 16.1. The Balaban J connectivity index is 1.81. The number of hydrogen-bond donors (Lipinski definition) is 1. The van der Waals surface area contributed by atoms with Gasteiger partial charge in [-0.2, -0.15) is 0 Å². The molecule has 0 amide bonds. The van der Waals surface area contributed by atoms with Crippen LogP contribution in [-0.2, 0) is 17.7 Å². The first-order valence-corrected chi connectivity index (χ1v) is 7.89. The zero-order valence-electron chi connectivity index (χ0n) is 13.4. The molecule has 0 spiro atoms. The van der Waals surface area contributed by atoms with Crippen molar-refractivity contribution in [1.29, 1.82) is 0 Å². The lowest BCUT2D eigenvalue weighted by Gasteiger charge is -2.12.